The number of fused-ring (bicyclic) bond motifs is 1. The van der Waals surface area contributed by atoms with Gasteiger partial charge in [0, 0.05) is 31.5 Å². The first-order valence-corrected chi connectivity index (χ1v) is 11.4. The second-order valence-corrected chi connectivity index (χ2v) is 8.48. The normalized spacial score (nSPS) is 17.0. The van der Waals surface area contributed by atoms with Gasteiger partial charge in [-0.2, -0.15) is 0 Å². The Balaban J connectivity index is 1.25. The van der Waals surface area contributed by atoms with E-state index in [-0.39, 0.29) is 0 Å². The number of benzene rings is 2. The van der Waals surface area contributed by atoms with Crippen LogP contribution in [0, 0.1) is 0 Å². The van der Waals surface area contributed by atoms with E-state index < -0.39 is 0 Å². The maximum absolute atomic E-state index is 6.11. The quantitative estimate of drug-likeness (QED) is 0.502. The predicted octanol–water partition coefficient (Wildman–Crippen LogP) is 3.59. The van der Waals surface area contributed by atoms with Crippen molar-refractivity contribution < 1.29 is 9.47 Å². The number of ether oxygens (including phenoxy) is 2. The number of hydrogen-bond donors (Lipinski definition) is 2. The molecule has 1 fully saturated rings. The summed E-state index contributed by atoms with van der Waals surface area (Å²) in [6, 6.07) is 15.2. The number of nitrogens with two attached hydrogens (primary N) is 1. The largest absolute Gasteiger partial charge is 0.492 e. The second kappa shape index (κ2) is 10.6. The molecule has 0 amide bonds. The molecule has 0 spiro atoms. The van der Waals surface area contributed by atoms with E-state index >= 15 is 0 Å². The molecule has 0 aromatic heterocycles. The van der Waals surface area contributed by atoms with Gasteiger partial charge in [0.2, 0.25) is 0 Å². The number of aliphatic imine (C=N–C) groups is 1. The summed E-state index contributed by atoms with van der Waals surface area (Å²) in [4.78, 5) is 6.88. The molecule has 0 atom stereocenters. The van der Waals surface area contributed by atoms with Crippen molar-refractivity contribution in [2.45, 2.75) is 44.7 Å². The van der Waals surface area contributed by atoms with E-state index in [0.29, 0.717) is 25.2 Å². The minimum absolute atomic E-state index is 0.433. The number of nitrogens with one attached hydrogen (secondary N) is 1. The lowest BCUT2D eigenvalue weighted by Crippen LogP contribution is -2.38. The van der Waals surface area contributed by atoms with Crippen molar-refractivity contribution in [1.82, 2.24) is 4.90 Å². The zero-order valence-corrected chi connectivity index (χ0v) is 18.5. The average molecular weight is 423 g/mol. The fourth-order valence-electron chi connectivity index (χ4n) is 4.36. The number of rotatable bonds is 8. The third kappa shape index (κ3) is 6.21. The van der Waals surface area contributed by atoms with Crippen LogP contribution in [-0.2, 0) is 24.1 Å². The smallest absolute Gasteiger partial charge is 0.193 e. The zero-order valence-electron chi connectivity index (χ0n) is 18.5. The molecule has 1 heterocycles. The maximum Gasteiger partial charge on any atom is 0.193 e. The molecule has 0 bridgehead atoms. The topological polar surface area (TPSA) is 72.1 Å². The standard InChI is InChI=1S/C25H34N4O2/c1-29(23-10-13-30-14-11-23)12-15-31-24-7-2-4-19(16-24)18-27-25(26)28-22-9-8-20-5-3-6-21(20)17-22/h2,4,7-9,16-17,23H,3,5-6,10-15,18H2,1H3,(H3,26,27,28). The Morgan fingerprint density at radius 2 is 2.00 bits per heavy atom. The number of guanidine groups is 1. The summed E-state index contributed by atoms with van der Waals surface area (Å²) < 4.78 is 11.4. The molecule has 6 heteroatoms. The molecule has 31 heavy (non-hydrogen) atoms. The first kappa shape index (κ1) is 21.7. The maximum atomic E-state index is 6.11. The highest BCUT2D eigenvalue weighted by Crippen LogP contribution is 2.24. The van der Waals surface area contributed by atoms with Crippen LogP contribution in [0.2, 0.25) is 0 Å². The summed E-state index contributed by atoms with van der Waals surface area (Å²) in [7, 11) is 2.17. The van der Waals surface area contributed by atoms with Crippen LogP contribution in [0.15, 0.2) is 47.5 Å². The van der Waals surface area contributed by atoms with Crippen molar-refractivity contribution in [2.75, 3.05) is 38.7 Å². The van der Waals surface area contributed by atoms with E-state index in [1.165, 1.54) is 24.0 Å². The van der Waals surface area contributed by atoms with Crippen molar-refractivity contribution in [3.8, 4) is 5.75 Å². The van der Waals surface area contributed by atoms with Crippen molar-refractivity contribution >= 4 is 11.6 Å². The molecule has 2 aromatic rings. The van der Waals surface area contributed by atoms with Gasteiger partial charge in [-0.25, -0.2) is 4.99 Å². The van der Waals surface area contributed by atoms with Crippen LogP contribution in [-0.4, -0.2) is 50.3 Å². The Hall–Kier alpha value is -2.57. The Kier molecular flexibility index (Phi) is 7.43. The molecule has 1 saturated heterocycles. The molecular weight excluding hydrogens is 388 g/mol. The molecule has 6 nitrogen and oxygen atoms in total. The van der Waals surface area contributed by atoms with Gasteiger partial charge >= 0.3 is 0 Å². The lowest BCUT2D eigenvalue weighted by molar-refractivity contribution is 0.0392. The van der Waals surface area contributed by atoms with Gasteiger partial charge in [-0.3, -0.25) is 4.90 Å². The van der Waals surface area contributed by atoms with Gasteiger partial charge in [-0.1, -0.05) is 18.2 Å². The minimum Gasteiger partial charge on any atom is -0.492 e. The number of nitrogens with zero attached hydrogens (tertiary/aromatic N) is 2. The molecule has 0 radical (unpaired) electrons. The zero-order chi connectivity index (χ0) is 21.5. The highest BCUT2D eigenvalue weighted by molar-refractivity contribution is 5.92. The summed E-state index contributed by atoms with van der Waals surface area (Å²) in [5, 5.41) is 3.22. The van der Waals surface area contributed by atoms with Gasteiger partial charge in [-0.15, -0.1) is 0 Å². The van der Waals surface area contributed by atoms with Gasteiger partial charge in [0.1, 0.15) is 12.4 Å². The van der Waals surface area contributed by atoms with Crippen LogP contribution < -0.4 is 15.8 Å². The SMILES string of the molecule is CN(CCOc1cccc(CN=C(N)Nc2ccc3c(c2)CCC3)c1)C1CCOCC1. The number of anilines is 1. The number of likely N-dealkylation sites (N-methyl/N-ethyl adjacent to an activating group) is 1. The van der Waals surface area contributed by atoms with Crippen LogP contribution in [0.25, 0.3) is 0 Å². The van der Waals surface area contributed by atoms with Crippen LogP contribution in [0.4, 0.5) is 5.69 Å². The highest BCUT2D eigenvalue weighted by Gasteiger charge is 2.18. The van der Waals surface area contributed by atoms with E-state index in [9.17, 15) is 0 Å². The van der Waals surface area contributed by atoms with E-state index in [1.54, 1.807) is 0 Å². The van der Waals surface area contributed by atoms with Crippen molar-refractivity contribution in [2.24, 2.45) is 10.7 Å². The molecular formula is C25H34N4O2. The van der Waals surface area contributed by atoms with Crippen LogP contribution in [0.5, 0.6) is 5.75 Å². The lowest BCUT2D eigenvalue weighted by Gasteiger charge is -2.31. The Morgan fingerprint density at radius 3 is 2.87 bits per heavy atom. The molecule has 166 valence electrons. The van der Waals surface area contributed by atoms with Crippen LogP contribution in [0.3, 0.4) is 0 Å². The van der Waals surface area contributed by atoms with E-state index in [2.05, 4.69) is 40.5 Å². The first-order valence-electron chi connectivity index (χ1n) is 11.4. The van der Waals surface area contributed by atoms with Crippen LogP contribution in [0.1, 0.15) is 36.0 Å². The third-order valence-electron chi connectivity index (χ3n) is 6.23. The van der Waals surface area contributed by atoms with E-state index in [1.807, 2.05) is 24.3 Å². The molecule has 1 aliphatic carbocycles. The third-order valence-corrected chi connectivity index (χ3v) is 6.23. The Bertz CT molecular complexity index is 893. The van der Waals surface area contributed by atoms with Gasteiger partial charge in [0.15, 0.2) is 5.96 Å². The number of aryl methyl sites for hydroxylation is 2. The van der Waals surface area contributed by atoms with Gasteiger partial charge in [0.25, 0.3) is 0 Å². The fourth-order valence-corrected chi connectivity index (χ4v) is 4.36. The van der Waals surface area contributed by atoms with Gasteiger partial charge in [-0.05, 0) is 80.1 Å². The van der Waals surface area contributed by atoms with Crippen molar-refractivity contribution in [3.05, 3.63) is 59.2 Å². The fraction of sp³-hybridized carbons (Fsp3) is 0.480. The first-order chi connectivity index (χ1) is 15.2. The summed E-state index contributed by atoms with van der Waals surface area (Å²) in [5.41, 5.74) is 11.1. The summed E-state index contributed by atoms with van der Waals surface area (Å²) in [6.45, 7) is 3.82. The second-order valence-electron chi connectivity index (χ2n) is 8.48. The Morgan fingerprint density at radius 1 is 1.16 bits per heavy atom. The van der Waals surface area contributed by atoms with Crippen molar-refractivity contribution in [3.63, 3.8) is 0 Å². The van der Waals surface area contributed by atoms with Gasteiger partial charge < -0.3 is 20.5 Å². The lowest BCUT2D eigenvalue weighted by atomic mass is 10.1. The summed E-state index contributed by atoms with van der Waals surface area (Å²) in [6.07, 6.45) is 5.78. The monoisotopic (exact) mass is 422 g/mol. The average Bonchev–Trinajstić information content (AvgIpc) is 3.26. The highest BCUT2D eigenvalue weighted by atomic mass is 16.5. The molecule has 0 saturated carbocycles. The van der Waals surface area contributed by atoms with Crippen LogP contribution >= 0.6 is 0 Å². The Labute approximate surface area is 185 Å². The molecule has 0 unspecified atom stereocenters. The summed E-state index contributed by atoms with van der Waals surface area (Å²) >= 11 is 0. The molecule has 2 aliphatic rings. The van der Waals surface area contributed by atoms with Gasteiger partial charge in [0.05, 0.1) is 6.54 Å². The molecule has 2 aromatic carbocycles. The van der Waals surface area contributed by atoms with E-state index in [4.69, 9.17) is 15.2 Å². The van der Waals surface area contributed by atoms with E-state index in [0.717, 1.165) is 56.0 Å². The molecule has 3 N–H and O–H groups in total. The molecule has 1 aliphatic heterocycles. The summed E-state index contributed by atoms with van der Waals surface area (Å²) in [5.74, 6) is 1.31. The molecule has 4 rings (SSSR count). The predicted molar refractivity (Wildman–Crippen MR) is 126 cm³/mol. The number of hydrogen-bond acceptors (Lipinski definition) is 4. The van der Waals surface area contributed by atoms with Crippen molar-refractivity contribution in [1.29, 1.82) is 0 Å². The minimum atomic E-state index is 0.433.